The summed E-state index contributed by atoms with van der Waals surface area (Å²) >= 11 is 5.75. The van der Waals surface area contributed by atoms with E-state index in [4.69, 9.17) is 11.6 Å². The molecule has 0 aliphatic heterocycles. The van der Waals surface area contributed by atoms with Gasteiger partial charge in [-0.2, -0.15) is 8.42 Å². The smallest absolute Gasteiger partial charge is 0.283 e. The summed E-state index contributed by atoms with van der Waals surface area (Å²) in [5.74, 6) is 0.511. The van der Waals surface area contributed by atoms with Gasteiger partial charge in [0.05, 0.1) is 0 Å². The van der Waals surface area contributed by atoms with Gasteiger partial charge >= 0.3 is 0 Å². The van der Waals surface area contributed by atoms with Gasteiger partial charge < -0.3 is 4.57 Å². The fraction of sp³-hybridized carbons (Fsp3) is 0.300. The predicted octanol–water partition coefficient (Wildman–Crippen LogP) is 1.28. The predicted molar refractivity (Wildman–Crippen MR) is 70.5 cm³/mol. The molecule has 0 aromatic carbocycles. The molecule has 0 bridgehead atoms. The van der Waals surface area contributed by atoms with E-state index in [1.54, 1.807) is 25.5 Å². The van der Waals surface area contributed by atoms with Crippen LogP contribution in [0.1, 0.15) is 11.5 Å². The number of rotatable bonds is 3. The van der Waals surface area contributed by atoms with E-state index in [1.807, 2.05) is 0 Å². The molecule has 19 heavy (non-hydrogen) atoms. The molecule has 0 radical (unpaired) electrons. The standard InChI is InChI=1S/C10H12ClN5O2S/c1-6-4-8(11)14-10(12-6)15-19(17,18)9-5-16(3)7(2)13-9/h4-5H,1-3H3,(H,12,14,15). The van der Waals surface area contributed by atoms with Crippen molar-refractivity contribution in [1.29, 1.82) is 0 Å². The average Bonchev–Trinajstić information content (AvgIpc) is 2.57. The maximum Gasteiger partial charge on any atom is 0.283 e. The number of imidazole rings is 1. The van der Waals surface area contributed by atoms with Crippen molar-refractivity contribution in [2.24, 2.45) is 7.05 Å². The van der Waals surface area contributed by atoms with E-state index in [0.29, 0.717) is 11.5 Å². The van der Waals surface area contributed by atoms with Crippen molar-refractivity contribution in [2.75, 3.05) is 4.72 Å². The normalized spacial score (nSPS) is 11.6. The molecule has 0 fully saturated rings. The van der Waals surface area contributed by atoms with Gasteiger partial charge in [-0.25, -0.2) is 19.7 Å². The monoisotopic (exact) mass is 301 g/mol. The third kappa shape index (κ3) is 3.02. The summed E-state index contributed by atoms with van der Waals surface area (Å²) in [7, 11) is -2.10. The second-order valence-electron chi connectivity index (χ2n) is 4.00. The van der Waals surface area contributed by atoms with Crippen molar-refractivity contribution in [1.82, 2.24) is 19.5 Å². The molecule has 2 heterocycles. The fourth-order valence-electron chi connectivity index (χ4n) is 1.40. The molecule has 102 valence electrons. The number of nitrogens with zero attached hydrogens (tertiary/aromatic N) is 4. The van der Waals surface area contributed by atoms with Crippen molar-refractivity contribution < 1.29 is 8.42 Å². The van der Waals surface area contributed by atoms with Gasteiger partial charge in [-0.15, -0.1) is 0 Å². The van der Waals surface area contributed by atoms with E-state index in [9.17, 15) is 8.42 Å². The maximum absolute atomic E-state index is 12.1. The lowest BCUT2D eigenvalue weighted by molar-refractivity contribution is 0.597. The minimum absolute atomic E-state index is 0.0756. The molecule has 7 nitrogen and oxygen atoms in total. The molecule has 2 aromatic heterocycles. The van der Waals surface area contributed by atoms with E-state index >= 15 is 0 Å². The summed E-state index contributed by atoms with van der Waals surface area (Å²) in [4.78, 5) is 11.7. The number of sulfonamides is 1. The van der Waals surface area contributed by atoms with Gasteiger partial charge in [0.1, 0.15) is 11.0 Å². The fourth-order valence-corrected chi connectivity index (χ4v) is 2.63. The van der Waals surface area contributed by atoms with Gasteiger partial charge in [0.2, 0.25) is 5.95 Å². The molecule has 2 aromatic rings. The molecule has 0 amide bonds. The van der Waals surface area contributed by atoms with Gasteiger partial charge in [-0.1, -0.05) is 11.6 Å². The van der Waals surface area contributed by atoms with Crippen molar-refractivity contribution in [3.63, 3.8) is 0 Å². The van der Waals surface area contributed by atoms with E-state index in [-0.39, 0.29) is 16.1 Å². The van der Waals surface area contributed by atoms with E-state index in [2.05, 4.69) is 19.7 Å². The van der Waals surface area contributed by atoms with Crippen LogP contribution in [0.25, 0.3) is 0 Å². The van der Waals surface area contributed by atoms with Gasteiger partial charge in [0.15, 0.2) is 5.03 Å². The Morgan fingerprint density at radius 1 is 1.26 bits per heavy atom. The van der Waals surface area contributed by atoms with Gasteiger partial charge in [-0.05, 0) is 19.9 Å². The minimum Gasteiger partial charge on any atom is -0.337 e. The Balaban J connectivity index is 2.36. The van der Waals surface area contributed by atoms with Crippen molar-refractivity contribution in [3.8, 4) is 0 Å². The first-order valence-electron chi connectivity index (χ1n) is 5.32. The first-order valence-corrected chi connectivity index (χ1v) is 7.18. The van der Waals surface area contributed by atoms with Crippen LogP contribution in [0.2, 0.25) is 5.15 Å². The molecular formula is C10H12ClN5O2S. The number of halogens is 1. The van der Waals surface area contributed by atoms with E-state index in [1.165, 1.54) is 12.3 Å². The van der Waals surface area contributed by atoms with Crippen LogP contribution in [-0.2, 0) is 17.1 Å². The SMILES string of the molecule is Cc1cc(Cl)nc(NS(=O)(=O)c2cn(C)c(C)n2)n1. The molecule has 0 unspecified atom stereocenters. The Kier molecular flexibility index (Phi) is 3.46. The number of nitrogens with one attached hydrogen (secondary N) is 1. The zero-order valence-corrected chi connectivity index (χ0v) is 12.1. The van der Waals surface area contributed by atoms with Crippen LogP contribution in [-0.4, -0.2) is 27.9 Å². The zero-order valence-electron chi connectivity index (χ0n) is 10.5. The van der Waals surface area contributed by atoms with Crippen LogP contribution in [0, 0.1) is 13.8 Å². The summed E-state index contributed by atoms with van der Waals surface area (Å²) in [5.41, 5.74) is 0.565. The van der Waals surface area contributed by atoms with E-state index in [0.717, 1.165) is 0 Å². The molecule has 1 N–H and O–H groups in total. The van der Waals surface area contributed by atoms with Crippen molar-refractivity contribution in [2.45, 2.75) is 18.9 Å². The highest BCUT2D eigenvalue weighted by Crippen LogP contribution is 2.15. The van der Waals surface area contributed by atoms with Crippen LogP contribution in [0.15, 0.2) is 17.3 Å². The second kappa shape index (κ2) is 4.78. The van der Waals surface area contributed by atoms with Crippen LogP contribution in [0.5, 0.6) is 0 Å². The third-order valence-corrected chi connectivity index (χ3v) is 3.80. The average molecular weight is 302 g/mol. The third-order valence-electron chi connectivity index (χ3n) is 2.41. The summed E-state index contributed by atoms with van der Waals surface area (Å²) in [5, 5.41) is 0.0797. The first-order chi connectivity index (χ1) is 8.78. The highest BCUT2D eigenvalue weighted by Gasteiger charge is 2.20. The van der Waals surface area contributed by atoms with Crippen LogP contribution in [0.4, 0.5) is 5.95 Å². The number of aryl methyl sites for hydroxylation is 3. The molecule has 0 aliphatic carbocycles. The summed E-state index contributed by atoms with van der Waals surface area (Å²) in [6.07, 6.45) is 1.41. The molecule has 0 saturated heterocycles. The molecule has 0 aliphatic rings. The summed E-state index contributed by atoms with van der Waals surface area (Å²) in [6, 6.07) is 1.53. The molecule has 0 spiro atoms. The number of hydrogen-bond donors (Lipinski definition) is 1. The first kappa shape index (κ1) is 13.8. The molecule has 0 atom stereocenters. The van der Waals surface area contributed by atoms with Gasteiger partial charge in [-0.3, -0.25) is 0 Å². The Hall–Kier alpha value is -1.67. The molecule has 0 saturated carbocycles. The van der Waals surface area contributed by atoms with E-state index < -0.39 is 10.0 Å². The maximum atomic E-state index is 12.1. The quantitative estimate of drug-likeness (QED) is 0.863. The number of anilines is 1. The van der Waals surface area contributed by atoms with Gasteiger partial charge in [0, 0.05) is 18.9 Å². The highest BCUT2D eigenvalue weighted by atomic mass is 35.5. The summed E-state index contributed by atoms with van der Waals surface area (Å²) in [6.45, 7) is 3.40. The molecular weight excluding hydrogens is 290 g/mol. The van der Waals surface area contributed by atoms with Crippen molar-refractivity contribution in [3.05, 3.63) is 28.9 Å². The lowest BCUT2D eigenvalue weighted by atomic mass is 10.5. The Morgan fingerprint density at radius 2 is 1.95 bits per heavy atom. The second-order valence-corrected chi connectivity index (χ2v) is 6.01. The molecule has 9 heteroatoms. The van der Waals surface area contributed by atoms with Crippen molar-refractivity contribution >= 4 is 27.6 Å². The minimum atomic E-state index is -3.81. The Bertz CT molecular complexity index is 686. The highest BCUT2D eigenvalue weighted by molar-refractivity contribution is 7.92. The zero-order chi connectivity index (χ0) is 14.2. The van der Waals surface area contributed by atoms with Gasteiger partial charge in [0.25, 0.3) is 10.0 Å². The lowest BCUT2D eigenvalue weighted by Crippen LogP contribution is -2.16. The van der Waals surface area contributed by atoms with Crippen LogP contribution >= 0.6 is 11.6 Å². The Labute approximate surface area is 115 Å². The number of hydrogen-bond acceptors (Lipinski definition) is 5. The summed E-state index contributed by atoms with van der Waals surface area (Å²) < 4.78 is 28.0. The topological polar surface area (TPSA) is 89.8 Å². The molecule has 2 rings (SSSR count). The largest absolute Gasteiger partial charge is 0.337 e. The lowest BCUT2D eigenvalue weighted by Gasteiger charge is -2.04. The van der Waals surface area contributed by atoms with Crippen LogP contribution < -0.4 is 4.72 Å². The Morgan fingerprint density at radius 3 is 2.47 bits per heavy atom. The van der Waals surface area contributed by atoms with Crippen LogP contribution in [0.3, 0.4) is 0 Å². The number of aromatic nitrogens is 4.